The molecular formula is C49H88N2O7. The summed E-state index contributed by atoms with van der Waals surface area (Å²) < 4.78 is 21.6. The molecule has 0 saturated carbocycles. The first kappa shape index (κ1) is 55.1. The molecule has 0 aliphatic heterocycles. The fraction of sp³-hybridized carbons (Fsp3) is 0.776. The van der Waals surface area contributed by atoms with Gasteiger partial charge in [0.1, 0.15) is 19.8 Å². The third-order valence-corrected chi connectivity index (χ3v) is 9.91. The van der Waals surface area contributed by atoms with Crippen LogP contribution in [-0.4, -0.2) is 94.6 Å². The van der Waals surface area contributed by atoms with Crippen LogP contribution in [0.3, 0.4) is 0 Å². The molecule has 0 saturated heterocycles. The number of hydrogen-bond donors (Lipinski definition) is 0. The van der Waals surface area contributed by atoms with Crippen LogP contribution in [0.4, 0.5) is 4.79 Å². The highest BCUT2D eigenvalue weighted by Gasteiger charge is 2.20. The summed E-state index contributed by atoms with van der Waals surface area (Å²) in [4.78, 5) is 41.7. The molecule has 336 valence electrons. The van der Waals surface area contributed by atoms with Crippen molar-refractivity contribution in [3.8, 4) is 0 Å². The largest absolute Gasteiger partial charge is 0.508 e. The highest BCUT2D eigenvalue weighted by atomic mass is 16.7. The summed E-state index contributed by atoms with van der Waals surface area (Å²) in [7, 11) is 5.98. The van der Waals surface area contributed by atoms with Crippen LogP contribution in [0.15, 0.2) is 48.6 Å². The molecule has 0 fully saturated rings. The van der Waals surface area contributed by atoms with Crippen molar-refractivity contribution in [3.63, 3.8) is 0 Å². The lowest BCUT2D eigenvalue weighted by molar-refractivity contribution is -0.153. The molecule has 58 heavy (non-hydrogen) atoms. The molecule has 0 radical (unpaired) electrons. The lowest BCUT2D eigenvalue weighted by atomic mass is 10.1. The van der Waals surface area contributed by atoms with Crippen LogP contribution in [0.1, 0.15) is 181 Å². The van der Waals surface area contributed by atoms with E-state index in [-0.39, 0.29) is 31.8 Å². The van der Waals surface area contributed by atoms with Crippen molar-refractivity contribution in [3.05, 3.63) is 48.6 Å². The first-order valence-corrected chi connectivity index (χ1v) is 23.4. The fourth-order valence-corrected chi connectivity index (χ4v) is 6.08. The van der Waals surface area contributed by atoms with Gasteiger partial charge in [0.05, 0.1) is 0 Å². The van der Waals surface area contributed by atoms with E-state index >= 15 is 0 Å². The topological polar surface area (TPSA) is 94.6 Å². The van der Waals surface area contributed by atoms with E-state index in [9.17, 15) is 14.4 Å². The number of nitrogens with zero attached hydrogens (tertiary/aromatic N) is 2. The maximum atomic E-state index is 12.5. The summed E-state index contributed by atoms with van der Waals surface area (Å²) in [6.45, 7) is 6.56. The van der Waals surface area contributed by atoms with Crippen molar-refractivity contribution in [2.24, 2.45) is 0 Å². The maximum absolute atomic E-state index is 12.5. The smallest absolute Gasteiger partial charge is 0.462 e. The van der Waals surface area contributed by atoms with Gasteiger partial charge in [0.15, 0.2) is 6.10 Å². The minimum atomic E-state index is -0.933. The monoisotopic (exact) mass is 817 g/mol. The number of hydrogen-bond acceptors (Lipinski definition) is 9. The second-order valence-corrected chi connectivity index (χ2v) is 16.0. The predicted octanol–water partition coefficient (Wildman–Crippen LogP) is 12.5. The van der Waals surface area contributed by atoms with E-state index in [4.69, 9.17) is 18.9 Å². The van der Waals surface area contributed by atoms with Crippen LogP contribution < -0.4 is 0 Å². The summed E-state index contributed by atoms with van der Waals surface area (Å²) in [5.41, 5.74) is 0. The first-order chi connectivity index (χ1) is 28.3. The molecule has 0 bridgehead atoms. The Hall–Kier alpha value is -2.91. The molecule has 0 aromatic carbocycles. The van der Waals surface area contributed by atoms with Crippen LogP contribution in [0, 0.1) is 0 Å². The Balaban J connectivity index is 4.37. The molecule has 0 spiro atoms. The van der Waals surface area contributed by atoms with Gasteiger partial charge in [0.2, 0.25) is 0 Å². The Kier molecular flexibility index (Phi) is 41.5. The average molecular weight is 817 g/mol. The van der Waals surface area contributed by atoms with Gasteiger partial charge in [-0.05, 0) is 98.2 Å². The molecule has 0 heterocycles. The number of rotatable bonds is 41. The van der Waals surface area contributed by atoms with Crippen LogP contribution in [-0.2, 0) is 28.5 Å². The van der Waals surface area contributed by atoms with Crippen molar-refractivity contribution in [2.75, 3.05) is 60.6 Å². The van der Waals surface area contributed by atoms with E-state index in [1.807, 2.05) is 21.1 Å². The number of ether oxygens (including phenoxy) is 4. The molecule has 0 aromatic rings. The molecule has 9 nitrogen and oxygen atoms in total. The second kappa shape index (κ2) is 43.7. The lowest BCUT2D eigenvalue weighted by Crippen LogP contribution is -2.33. The Labute approximate surface area is 356 Å². The van der Waals surface area contributed by atoms with Crippen molar-refractivity contribution in [1.82, 2.24) is 9.80 Å². The zero-order chi connectivity index (χ0) is 42.6. The third-order valence-electron chi connectivity index (χ3n) is 9.91. The number of carbonyl (C=O) groups is 3. The second-order valence-electron chi connectivity index (χ2n) is 16.0. The molecular weight excluding hydrogens is 729 g/mol. The van der Waals surface area contributed by atoms with Gasteiger partial charge >= 0.3 is 18.1 Å². The zero-order valence-corrected chi connectivity index (χ0v) is 38.1. The zero-order valence-electron chi connectivity index (χ0n) is 38.1. The molecule has 1 unspecified atom stereocenters. The number of unbranched alkanes of at least 4 members (excludes halogenated alkanes) is 18. The molecule has 0 aliphatic rings. The SMILES string of the molecule is CCCCC/C=C\C/C=C\CCCCCCCC(=O)OCC(COC(=O)CCCCCCCC/C=C\C/C=C\CCCCCC)OC(=O)OCCN(C)CCN(C)C. The van der Waals surface area contributed by atoms with Crippen LogP contribution in [0.25, 0.3) is 0 Å². The van der Waals surface area contributed by atoms with Crippen molar-refractivity contribution in [2.45, 2.75) is 187 Å². The lowest BCUT2D eigenvalue weighted by Gasteiger charge is -2.20. The van der Waals surface area contributed by atoms with Gasteiger partial charge in [-0.15, -0.1) is 0 Å². The predicted molar refractivity (Wildman–Crippen MR) is 242 cm³/mol. The fourth-order valence-electron chi connectivity index (χ4n) is 6.08. The van der Waals surface area contributed by atoms with Crippen molar-refractivity contribution >= 4 is 18.1 Å². The number of esters is 2. The standard InChI is InChI=1S/C49H88N2O7/c1-6-8-10-12-14-16-18-20-22-23-25-27-29-31-33-35-37-39-48(53)57-45-46(58-49(54)55-43-42-51(5)41-40-50(3)4)44-56-47(52)38-36-34-32-30-28-26-24-21-19-17-15-13-11-9-7-2/h15-18,21-24,46H,6-14,19-20,25-45H2,1-5H3/b17-15-,18-16-,23-22-,24-21-. The van der Waals surface area contributed by atoms with E-state index < -0.39 is 12.3 Å². The normalized spacial score (nSPS) is 12.5. The van der Waals surface area contributed by atoms with E-state index in [1.54, 1.807) is 0 Å². The third kappa shape index (κ3) is 42.7. The summed E-state index contributed by atoms with van der Waals surface area (Å²) >= 11 is 0. The van der Waals surface area contributed by atoms with Crippen molar-refractivity contribution in [1.29, 1.82) is 0 Å². The average Bonchev–Trinajstić information content (AvgIpc) is 3.20. The first-order valence-electron chi connectivity index (χ1n) is 23.4. The molecule has 0 aromatic heterocycles. The Morgan fingerprint density at radius 2 is 0.862 bits per heavy atom. The molecule has 0 amide bonds. The number of likely N-dealkylation sites (N-methyl/N-ethyl adjacent to an activating group) is 2. The van der Waals surface area contributed by atoms with Gasteiger partial charge in [0.25, 0.3) is 0 Å². The van der Waals surface area contributed by atoms with Gasteiger partial charge in [-0.1, -0.05) is 140 Å². The number of carbonyl (C=O) groups excluding carboxylic acids is 3. The highest BCUT2D eigenvalue weighted by molar-refractivity contribution is 5.70. The molecule has 1 atom stereocenters. The van der Waals surface area contributed by atoms with E-state index in [1.165, 1.54) is 70.6 Å². The Morgan fingerprint density at radius 1 is 0.466 bits per heavy atom. The van der Waals surface area contributed by atoms with Crippen molar-refractivity contribution < 1.29 is 33.3 Å². The molecule has 0 aliphatic carbocycles. The summed E-state index contributed by atoms with van der Waals surface area (Å²) in [6.07, 6.45) is 44.2. The Morgan fingerprint density at radius 3 is 1.31 bits per heavy atom. The summed E-state index contributed by atoms with van der Waals surface area (Å²) in [5.74, 6) is -0.695. The van der Waals surface area contributed by atoms with E-state index in [2.05, 4.69) is 72.3 Å². The van der Waals surface area contributed by atoms with Crippen LogP contribution >= 0.6 is 0 Å². The minimum Gasteiger partial charge on any atom is -0.462 e. The van der Waals surface area contributed by atoms with Gasteiger partial charge < -0.3 is 28.7 Å². The highest BCUT2D eigenvalue weighted by Crippen LogP contribution is 2.12. The van der Waals surface area contributed by atoms with E-state index in [0.29, 0.717) is 19.4 Å². The van der Waals surface area contributed by atoms with Gasteiger partial charge in [-0.2, -0.15) is 0 Å². The molecule has 0 N–H and O–H groups in total. The molecule has 0 rings (SSSR count). The van der Waals surface area contributed by atoms with Gasteiger partial charge in [-0.25, -0.2) is 4.79 Å². The van der Waals surface area contributed by atoms with E-state index in [0.717, 1.165) is 96.6 Å². The minimum absolute atomic E-state index is 0.162. The van der Waals surface area contributed by atoms with Gasteiger partial charge in [0, 0.05) is 32.5 Å². The number of allylic oxidation sites excluding steroid dienone is 8. The summed E-state index contributed by atoms with van der Waals surface area (Å²) in [6, 6.07) is 0. The Bertz CT molecular complexity index is 1070. The summed E-state index contributed by atoms with van der Waals surface area (Å²) in [5, 5.41) is 0. The van der Waals surface area contributed by atoms with Gasteiger partial charge in [-0.3, -0.25) is 9.59 Å². The van der Waals surface area contributed by atoms with Crippen LogP contribution in [0.5, 0.6) is 0 Å². The van der Waals surface area contributed by atoms with Crippen LogP contribution in [0.2, 0.25) is 0 Å². The molecule has 9 heteroatoms. The maximum Gasteiger partial charge on any atom is 0.508 e. The quantitative estimate of drug-likeness (QED) is 0.0259.